The fourth-order valence-corrected chi connectivity index (χ4v) is 4.38. The number of anilines is 2. The maximum Gasteiger partial charge on any atom is 0.273 e. The normalized spacial score (nSPS) is 11.3. The van der Waals surface area contributed by atoms with Crippen LogP contribution in [0.3, 0.4) is 0 Å². The van der Waals surface area contributed by atoms with Gasteiger partial charge in [-0.3, -0.25) is 4.31 Å². The number of aryl methyl sites for hydroxylation is 1. The van der Waals surface area contributed by atoms with Gasteiger partial charge in [-0.1, -0.05) is 0 Å². The van der Waals surface area contributed by atoms with Crippen LogP contribution in [-0.4, -0.2) is 22.6 Å². The Labute approximate surface area is 122 Å². The Morgan fingerprint density at radius 3 is 2.45 bits per heavy atom. The molecule has 5 nitrogen and oxygen atoms in total. The number of hydrogen-bond acceptors (Lipinski definition) is 5. The third kappa shape index (κ3) is 2.59. The molecular weight excluding hydrogens is 296 g/mol. The summed E-state index contributed by atoms with van der Waals surface area (Å²) in [5.41, 5.74) is 6.70. The molecule has 0 amide bonds. The highest BCUT2D eigenvalue weighted by Crippen LogP contribution is 2.31. The summed E-state index contributed by atoms with van der Waals surface area (Å²) in [7, 11) is -0.532. The Balaban J connectivity index is 2.40. The van der Waals surface area contributed by atoms with Crippen LogP contribution in [0, 0.1) is 6.92 Å². The first-order valence-corrected chi connectivity index (χ1v) is 8.11. The highest BCUT2D eigenvalue weighted by molar-refractivity contribution is 7.94. The Bertz CT molecular complexity index is 723. The van der Waals surface area contributed by atoms with Gasteiger partial charge in [0.25, 0.3) is 10.0 Å². The zero-order valence-corrected chi connectivity index (χ0v) is 13.1. The zero-order chi connectivity index (χ0) is 14.9. The quantitative estimate of drug-likeness (QED) is 0.880. The van der Waals surface area contributed by atoms with Crippen LogP contribution < -0.4 is 14.8 Å². The van der Waals surface area contributed by atoms with Crippen molar-refractivity contribution < 1.29 is 13.2 Å². The predicted molar refractivity (Wildman–Crippen MR) is 82.1 cm³/mol. The number of rotatable bonds is 4. The monoisotopic (exact) mass is 312 g/mol. The van der Waals surface area contributed by atoms with Gasteiger partial charge in [0.1, 0.15) is 9.96 Å². The van der Waals surface area contributed by atoms with Gasteiger partial charge < -0.3 is 10.5 Å². The van der Waals surface area contributed by atoms with Crippen LogP contribution in [0.25, 0.3) is 0 Å². The SMILES string of the molecule is COc1ccc(N(C)S(=O)(=O)c2ccc(C)s2)cc1N. The van der Waals surface area contributed by atoms with Gasteiger partial charge in [0.05, 0.1) is 18.5 Å². The molecule has 0 spiro atoms. The molecule has 0 saturated heterocycles. The van der Waals surface area contributed by atoms with Crippen LogP contribution in [0.4, 0.5) is 11.4 Å². The summed E-state index contributed by atoms with van der Waals surface area (Å²) in [5, 5.41) is 0. The highest BCUT2D eigenvalue weighted by Gasteiger charge is 2.23. The number of benzene rings is 1. The smallest absolute Gasteiger partial charge is 0.273 e. The van der Waals surface area contributed by atoms with E-state index >= 15 is 0 Å². The van der Waals surface area contributed by atoms with Crippen LogP contribution in [0.1, 0.15) is 4.88 Å². The minimum atomic E-state index is -3.55. The molecule has 0 saturated carbocycles. The fraction of sp³-hybridized carbons (Fsp3) is 0.231. The van der Waals surface area contributed by atoms with Gasteiger partial charge in [-0.2, -0.15) is 0 Å². The van der Waals surface area contributed by atoms with E-state index in [4.69, 9.17) is 10.5 Å². The number of methoxy groups -OCH3 is 1. The first-order valence-electron chi connectivity index (χ1n) is 5.85. The fourth-order valence-electron chi connectivity index (χ4n) is 1.74. The first-order chi connectivity index (χ1) is 9.36. The average Bonchev–Trinajstić information content (AvgIpc) is 2.85. The molecule has 20 heavy (non-hydrogen) atoms. The third-order valence-corrected chi connectivity index (χ3v) is 6.16. The summed E-state index contributed by atoms with van der Waals surface area (Å²) >= 11 is 1.24. The lowest BCUT2D eigenvalue weighted by atomic mass is 10.2. The average molecular weight is 312 g/mol. The van der Waals surface area contributed by atoms with Crippen molar-refractivity contribution in [3.8, 4) is 5.75 Å². The number of nitrogen functional groups attached to an aromatic ring is 1. The van der Waals surface area contributed by atoms with Crippen molar-refractivity contribution >= 4 is 32.7 Å². The molecule has 2 N–H and O–H groups in total. The Morgan fingerprint density at radius 2 is 1.95 bits per heavy atom. The maximum absolute atomic E-state index is 12.5. The van der Waals surface area contributed by atoms with E-state index < -0.39 is 10.0 Å². The molecule has 7 heteroatoms. The molecule has 0 unspecified atom stereocenters. The van der Waals surface area contributed by atoms with E-state index in [0.717, 1.165) is 4.88 Å². The van der Waals surface area contributed by atoms with Crippen molar-refractivity contribution in [2.75, 3.05) is 24.2 Å². The molecule has 0 fully saturated rings. The molecule has 1 aromatic heterocycles. The predicted octanol–water partition coefficient (Wildman–Crippen LogP) is 2.47. The van der Waals surface area contributed by atoms with Crippen molar-refractivity contribution in [2.24, 2.45) is 0 Å². The van der Waals surface area contributed by atoms with Gasteiger partial charge in [0.15, 0.2) is 0 Å². The number of ether oxygens (including phenoxy) is 1. The Hall–Kier alpha value is -1.73. The lowest BCUT2D eigenvalue weighted by Gasteiger charge is -2.19. The lowest BCUT2D eigenvalue weighted by Crippen LogP contribution is -2.25. The minimum absolute atomic E-state index is 0.312. The standard InChI is InChI=1S/C13H16N2O3S2/c1-9-4-7-13(19-9)20(16,17)15(2)10-5-6-12(18-3)11(14)8-10/h4-8H,14H2,1-3H3. The summed E-state index contributed by atoms with van der Waals surface area (Å²) in [6, 6.07) is 8.28. The van der Waals surface area contributed by atoms with E-state index in [1.807, 2.05) is 6.92 Å². The summed E-state index contributed by atoms with van der Waals surface area (Å²) in [5.74, 6) is 0.520. The van der Waals surface area contributed by atoms with Gasteiger partial charge in [0.2, 0.25) is 0 Å². The van der Waals surface area contributed by atoms with Crippen molar-refractivity contribution in [1.82, 2.24) is 0 Å². The van der Waals surface area contributed by atoms with Crippen molar-refractivity contribution in [2.45, 2.75) is 11.1 Å². The molecule has 0 aliphatic heterocycles. The molecule has 0 bridgehead atoms. The summed E-state index contributed by atoms with van der Waals surface area (Å²) in [4.78, 5) is 0.950. The van der Waals surface area contributed by atoms with E-state index in [9.17, 15) is 8.42 Å². The number of hydrogen-bond donors (Lipinski definition) is 1. The zero-order valence-electron chi connectivity index (χ0n) is 11.5. The molecule has 0 aliphatic rings. The lowest BCUT2D eigenvalue weighted by molar-refractivity contribution is 0.417. The summed E-state index contributed by atoms with van der Waals surface area (Å²) in [6.07, 6.45) is 0. The van der Waals surface area contributed by atoms with Crippen LogP contribution >= 0.6 is 11.3 Å². The second kappa shape index (κ2) is 5.34. The second-order valence-electron chi connectivity index (χ2n) is 4.26. The maximum atomic E-state index is 12.5. The molecule has 0 radical (unpaired) electrons. The van der Waals surface area contributed by atoms with Crippen LogP contribution in [-0.2, 0) is 10.0 Å². The molecule has 0 aliphatic carbocycles. The van der Waals surface area contributed by atoms with Gasteiger partial charge in [-0.05, 0) is 37.3 Å². The number of thiophene rings is 1. The van der Waals surface area contributed by atoms with E-state index in [1.54, 1.807) is 30.3 Å². The second-order valence-corrected chi connectivity index (χ2v) is 7.75. The van der Waals surface area contributed by atoms with E-state index in [1.165, 1.54) is 29.8 Å². The number of sulfonamides is 1. The Kier molecular flexibility index (Phi) is 3.92. The van der Waals surface area contributed by atoms with Crippen molar-refractivity contribution in [3.05, 3.63) is 35.2 Å². The summed E-state index contributed by atoms with van der Waals surface area (Å²) < 4.78 is 31.5. The van der Waals surface area contributed by atoms with Crippen molar-refractivity contribution in [3.63, 3.8) is 0 Å². The molecule has 2 aromatic rings. The van der Waals surface area contributed by atoms with Gasteiger partial charge in [0, 0.05) is 11.9 Å². The molecule has 108 valence electrons. The van der Waals surface area contributed by atoms with E-state index in [2.05, 4.69) is 0 Å². The summed E-state index contributed by atoms with van der Waals surface area (Å²) in [6.45, 7) is 1.87. The largest absolute Gasteiger partial charge is 0.495 e. The van der Waals surface area contributed by atoms with Crippen molar-refractivity contribution in [1.29, 1.82) is 0 Å². The topological polar surface area (TPSA) is 72.6 Å². The minimum Gasteiger partial charge on any atom is -0.495 e. The van der Waals surface area contributed by atoms with Gasteiger partial charge in [-0.25, -0.2) is 8.42 Å². The third-order valence-electron chi connectivity index (χ3n) is 2.91. The van der Waals surface area contributed by atoms with E-state index in [0.29, 0.717) is 21.3 Å². The molecule has 0 atom stereocenters. The number of nitrogens with zero attached hydrogens (tertiary/aromatic N) is 1. The first kappa shape index (κ1) is 14.7. The highest BCUT2D eigenvalue weighted by atomic mass is 32.2. The van der Waals surface area contributed by atoms with Crippen LogP contribution in [0.5, 0.6) is 5.75 Å². The van der Waals surface area contributed by atoms with Crippen LogP contribution in [0.15, 0.2) is 34.5 Å². The van der Waals surface area contributed by atoms with E-state index in [-0.39, 0.29) is 0 Å². The molecule has 1 heterocycles. The van der Waals surface area contributed by atoms with Crippen LogP contribution in [0.2, 0.25) is 0 Å². The molecule has 2 rings (SSSR count). The molecular formula is C13H16N2O3S2. The Morgan fingerprint density at radius 1 is 1.25 bits per heavy atom. The van der Waals surface area contributed by atoms with Gasteiger partial charge in [-0.15, -0.1) is 11.3 Å². The molecule has 1 aromatic carbocycles. The number of nitrogens with two attached hydrogens (primary N) is 1. The van der Waals surface area contributed by atoms with Gasteiger partial charge >= 0.3 is 0 Å².